The molecule has 1 amide bonds. The van der Waals surface area contributed by atoms with E-state index >= 15 is 0 Å². The lowest BCUT2D eigenvalue weighted by Gasteiger charge is -2.07. The van der Waals surface area contributed by atoms with Gasteiger partial charge >= 0.3 is 0 Å². The number of anilines is 1. The van der Waals surface area contributed by atoms with E-state index in [4.69, 9.17) is 5.11 Å². The summed E-state index contributed by atoms with van der Waals surface area (Å²) in [7, 11) is 0. The summed E-state index contributed by atoms with van der Waals surface area (Å²) in [4.78, 5) is 11.5. The number of nitrogens with two attached hydrogens (primary N) is 1. The summed E-state index contributed by atoms with van der Waals surface area (Å²) in [5, 5.41) is 13.6. The highest BCUT2D eigenvalue weighted by Crippen LogP contribution is 2.20. The Morgan fingerprint density at radius 2 is 2.25 bits per heavy atom. The number of aliphatic hydroxyl groups excluding tert-OH is 1. The number of carbonyl (C=O) groups is 1. The molecule has 0 radical (unpaired) electrons. The number of nitrogens with one attached hydrogen (secondary N) is 1. The van der Waals surface area contributed by atoms with Gasteiger partial charge in [0, 0.05) is 4.47 Å². The van der Waals surface area contributed by atoms with Crippen LogP contribution in [-0.2, 0) is 4.79 Å². The summed E-state index contributed by atoms with van der Waals surface area (Å²) in [6.07, 6.45) is -0.392. The van der Waals surface area contributed by atoms with Gasteiger partial charge in [-0.25, -0.2) is 0 Å². The number of carbonyl (C=O) groups excluding carboxylic acids is 1. The van der Waals surface area contributed by atoms with Crippen LogP contribution in [0.1, 0.15) is 6.92 Å². The van der Waals surface area contributed by atoms with E-state index in [1.807, 2.05) is 24.3 Å². The Bertz CT molecular complexity index is 356. The van der Waals surface area contributed by atoms with Gasteiger partial charge < -0.3 is 15.7 Å². The average Bonchev–Trinajstić information content (AvgIpc) is 2.21. The van der Waals surface area contributed by atoms with Crippen LogP contribution >= 0.6 is 15.9 Å². The maximum Gasteiger partial charge on any atom is 0.279 e. The third-order valence-corrected chi connectivity index (χ3v) is 2.68. The summed E-state index contributed by atoms with van der Waals surface area (Å²) in [5.41, 5.74) is 0.762. The molecule has 1 aromatic carbocycles. The molecule has 4 nitrogen and oxygen atoms in total. The van der Waals surface area contributed by atoms with Crippen molar-refractivity contribution in [3.05, 3.63) is 28.7 Å². The summed E-state index contributed by atoms with van der Waals surface area (Å²) in [6.45, 7) is 2.54. The molecule has 0 aliphatic heterocycles. The number of halogens is 1. The predicted molar refractivity (Wildman–Crippen MR) is 66.1 cm³/mol. The predicted octanol–water partition coefficient (Wildman–Crippen LogP) is 0.332. The SMILES string of the molecule is C[C@H](O)C[NH2+]CC(=O)Nc1ccccc1Br. The van der Waals surface area contributed by atoms with Gasteiger partial charge in [0.05, 0.1) is 11.8 Å². The minimum Gasteiger partial charge on any atom is -0.388 e. The van der Waals surface area contributed by atoms with Gasteiger partial charge in [-0.3, -0.25) is 4.79 Å². The molecule has 0 saturated carbocycles. The molecule has 0 saturated heterocycles. The van der Waals surface area contributed by atoms with E-state index < -0.39 is 6.10 Å². The molecular formula is C11H16BrN2O2+. The summed E-state index contributed by atoms with van der Waals surface area (Å²) < 4.78 is 0.860. The van der Waals surface area contributed by atoms with E-state index in [-0.39, 0.29) is 5.91 Å². The van der Waals surface area contributed by atoms with Crippen molar-refractivity contribution in [2.24, 2.45) is 0 Å². The highest BCUT2D eigenvalue weighted by Gasteiger charge is 2.07. The van der Waals surface area contributed by atoms with Gasteiger partial charge in [-0.2, -0.15) is 0 Å². The second kappa shape index (κ2) is 6.62. The molecule has 4 N–H and O–H groups in total. The molecule has 1 aromatic rings. The molecule has 0 spiro atoms. The third-order valence-electron chi connectivity index (χ3n) is 1.99. The number of amides is 1. The zero-order valence-electron chi connectivity index (χ0n) is 9.11. The number of quaternary nitrogens is 1. The highest BCUT2D eigenvalue weighted by atomic mass is 79.9. The fraction of sp³-hybridized carbons (Fsp3) is 0.364. The topological polar surface area (TPSA) is 65.9 Å². The molecule has 0 aromatic heterocycles. The number of rotatable bonds is 5. The molecule has 0 aliphatic rings. The monoisotopic (exact) mass is 287 g/mol. The molecule has 0 unspecified atom stereocenters. The van der Waals surface area contributed by atoms with E-state index in [0.717, 1.165) is 10.2 Å². The smallest absolute Gasteiger partial charge is 0.279 e. The van der Waals surface area contributed by atoms with Crippen molar-refractivity contribution in [2.45, 2.75) is 13.0 Å². The molecule has 0 heterocycles. The zero-order chi connectivity index (χ0) is 12.0. The van der Waals surface area contributed by atoms with Crippen molar-refractivity contribution < 1.29 is 15.2 Å². The van der Waals surface area contributed by atoms with Crippen molar-refractivity contribution >= 4 is 27.5 Å². The molecule has 88 valence electrons. The maximum atomic E-state index is 11.5. The first-order chi connectivity index (χ1) is 7.59. The van der Waals surface area contributed by atoms with Gasteiger partial charge in [-0.15, -0.1) is 0 Å². The van der Waals surface area contributed by atoms with E-state index in [9.17, 15) is 4.79 Å². The van der Waals surface area contributed by atoms with Gasteiger partial charge in [0.15, 0.2) is 6.54 Å². The van der Waals surface area contributed by atoms with Crippen molar-refractivity contribution in [1.29, 1.82) is 0 Å². The van der Waals surface area contributed by atoms with Crippen LogP contribution in [0.3, 0.4) is 0 Å². The second-order valence-electron chi connectivity index (χ2n) is 3.61. The van der Waals surface area contributed by atoms with Gasteiger partial charge in [-0.05, 0) is 35.0 Å². The van der Waals surface area contributed by atoms with Crippen LogP contribution in [0.2, 0.25) is 0 Å². The second-order valence-corrected chi connectivity index (χ2v) is 4.46. The lowest BCUT2D eigenvalue weighted by atomic mass is 10.3. The molecule has 0 aliphatic carbocycles. The van der Waals surface area contributed by atoms with Gasteiger partial charge in [0.2, 0.25) is 0 Å². The Kier molecular flexibility index (Phi) is 5.45. The first-order valence-corrected chi connectivity index (χ1v) is 5.93. The summed E-state index contributed by atoms with van der Waals surface area (Å²) >= 11 is 3.35. The molecule has 1 atom stereocenters. The largest absolute Gasteiger partial charge is 0.388 e. The molecule has 1 rings (SSSR count). The Morgan fingerprint density at radius 1 is 1.56 bits per heavy atom. The number of benzene rings is 1. The third kappa shape index (κ3) is 4.74. The fourth-order valence-electron chi connectivity index (χ4n) is 1.22. The normalized spacial score (nSPS) is 12.2. The number of hydrogen-bond donors (Lipinski definition) is 3. The Morgan fingerprint density at radius 3 is 2.88 bits per heavy atom. The first-order valence-electron chi connectivity index (χ1n) is 5.13. The van der Waals surface area contributed by atoms with Crippen molar-refractivity contribution in [3.63, 3.8) is 0 Å². The van der Waals surface area contributed by atoms with E-state index in [2.05, 4.69) is 21.2 Å². The number of hydrogen-bond acceptors (Lipinski definition) is 2. The van der Waals surface area contributed by atoms with Crippen LogP contribution in [0.5, 0.6) is 0 Å². The van der Waals surface area contributed by atoms with Crippen LogP contribution < -0.4 is 10.6 Å². The van der Waals surface area contributed by atoms with Crippen LogP contribution in [0, 0.1) is 0 Å². The van der Waals surface area contributed by atoms with Crippen LogP contribution in [0.4, 0.5) is 5.69 Å². The lowest BCUT2D eigenvalue weighted by Crippen LogP contribution is -2.88. The van der Waals surface area contributed by atoms with Crippen molar-refractivity contribution in [1.82, 2.24) is 0 Å². The standard InChI is InChI=1S/C11H15BrN2O2/c1-8(15)6-13-7-11(16)14-10-5-3-2-4-9(10)12/h2-5,8,13,15H,6-7H2,1H3,(H,14,16)/p+1/t8-/m0/s1. The van der Waals surface area contributed by atoms with Crippen LogP contribution in [-0.4, -0.2) is 30.2 Å². The molecular weight excluding hydrogens is 272 g/mol. The number of aliphatic hydroxyl groups is 1. The molecule has 0 fully saturated rings. The minimum atomic E-state index is -0.392. The Labute approximate surface area is 103 Å². The van der Waals surface area contributed by atoms with Gasteiger partial charge in [0.1, 0.15) is 6.54 Å². The zero-order valence-corrected chi connectivity index (χ0v) is 10.7. The Hall–Kier alpha value is -0.910. The summed E-state index contributed by atoms with van der Waals surface area (Å²) in [6, 6.07) is 7.45. The first kappa shape index (κ1) is 13.2. The van der Waals surface area contributed by atoms with Crippen LogP contribution in [0.25, 0.3) is 0 Å². The quantitative estimate of drug-likeness (QED) is 0.731. The molecule has 0 bridgehead atoms. The van der Waals surface area contributed by atoms with Crippen molar-refractivity contribution in [3.8, 4) is 0 Å². The van der Waals surface area contributed by atoms with E-state index in [0.29, 0.717) is 13.1 Å². The fourth-order valence-corrected chi connectivity index (χ4v) is 1.60. The highest BCUT2D eigenvalue weighted by molar-refractivity contribution is 9.10. The maximum absolute atomic E-state index is 11.5. The lowest BCUT2D eigenvalue weighted by molar-refractivity contribution is -0.649. The average molecular weight is 288 g/mol. The minimum absolute atomic E-state index is 0.0763. The van der Waals surface area contributed by atoms with E-state index in [1.165, 1.54) is 0 Å². The Balaban J connectivity index is 2.37. The molecule has 5 heteroatoms. The number of para-hydroxylation sites is 1. The van der Waals surface area contributed by atoms with Gasteiger partial charge in [0.25, 0.3) is 5.91 Å². The summed E-state index contributed by atoms with van der Waals surface area (Å²) in [5.74, 6) is -0.0763. The molecule has 16 heavy (non-hydrogen) atoms. The van der Waals surface area contributed by atoms with Crippen LogP contribution in [0.15, 0.2) is 28.7 Å². The van der Waals surface area contributed by atoms with Gasteiger partial charge in [-0.1, -0.05) is 12.1 Å². The van der Waals surface area contributed by atoms with E-state index in [1.54, 1.807) is 12.2 Å². The van der Waals surface area contributed by atoms with Crippen molar-refractivity contribution in [2.75, 3.05) is 18.4 Å².